The number of methoxy groups -OCH3 is 1. The van der Waals surface area contributed by atoms with E-state index in [1.807, 2.05) is 24.3 Å². The number of pyridine rings is 1. The van der Waals surface area contributed by atoms with Gasteiger partial charge in [-0.3, -0.25) is 0 Å². The SMILES string of the molecule is COc1ccccc1-c1cn2ccc(N3CCNCC3)cc2n1. The van der Waals surface area contributed by atoms with Gasteiger partial charge >= 0.3 is 0 Å². The highest BCUT2D eigenvalue weighted by Gasteiger charge is 2.13. The average Bonchev–Trinajstić information content (AvgIpc) is 3.05. The number of nitrogens with zero attached hydrogens (tertiary/aromatic N) is 3. The van der Waals surface area contributed by atoms with Crippen molar-refractivity contribution in [3.8, 4) is 17.0 Å². The molecule has 1 aliphatic heterocycles. The molecule has 5 heteroatoms. The van der Waals surface area contributed by atoms with Crippen molar-refractivity contribution >= 4 is 11.3 Å². The van der Waals surface area contributed by atoms with Crippen LogP contribution < -0.4 is 15.0 Å². The molecule has 1 N–H and O–H groups in total. The summed E-state index contributed by atoms with van der Waals surface area (Å²) in [5.41, 5.74) is 4.14. The second-order valence-electron chi connectivity index (χ2n) is 5.71. The van der Waals surface area contributed by atoms with Gasteiger partial charge in [0.2, 0.25) is 0 Å². The number of aromatic nitrogens is 2. The molecule has 4 rings (SSSR count). The molecule has 0 unspecified atom stereocenters. The molecular weight excluding hydrogens is 288 g/mol. The highest BCUT2D eigenvalue weighted by Crippen LogP contribution is 2.29. The molecule has 0 amide bonds. The number of imidazole rings is 1. The summed E-state index contributed by atoms with van der Waals surface area (Å²) < 4.78 is 7.51. The van der Waals surface area contributed by atoms with Crippen molar-refractivity contribution in [2.75, 3.05) is 38.2 Å². The molecule has 23 heavy (non-hydrogen) atoms. The zero-order valence-corrected chi connectivity index (χ0v) is 13.2. The van der Waals surface area contributed by atoms with Gasteiger partial charge in [0.1, 0.15) is 11.4 Å². The predicted molar refractivity (Wildman–Crippen MR) is 92.3 cm³/mol. The molecule has 0 radical (unpaired) electrons. The average molecular weight is 308 g/mol. The number of piperazine rings is 1. The molecule has 1 aliphatic rings. The number of hydrogen-bond acceptors (Lipinski definition) is 4. The van der Waals surface area contributed by atoms with E-state index in [1.165, 1.54) is 5.69 Å². The third-order valence-corrected chi connectivity index (χ3v) is 4.31. The fourth-order valence-corrected chi connectivity index (χ4v) is 3.08. The second-order valence-corrected chi connectivity index (χ2v) is 5.71. The Bertz CT molecular complexity index is 821. The first-order valence-corrected chi connectivity index (χ1v) is 7.93. The van der Waals surface area contributed by atoms with Crippen molar-refractivity contribution in [1.82, 2.24) is 14.7 Å². The second kappa shape index (κ2) is 5.93. The normalized spacial score (nSPS) is 15.1. The van der Waals surface area contributed by atoms with Gasteiger partial charge in [0.25, 0.3) is 0 Å². The van der Waals surface area contributed by atoms with E-state index < -0.39 is 0 Å². The van der Waals surface area contributed by atoms with E-state index in [0.29, 0.717) is 0 Å². The van der Waals surface area contributed by atoms with Crippen molar-refractivity contribution in [3.05, 3.63) is 48.8 Å². The van der Waals surface area contributed by atoms with Crippen LogP contribution in [0.25, 0.3) is 16.9 Å². The Morgan fingerprint density at radius 3 is 2.78 bits per heavy atom. The van der Waals surface area contributed by atoms with Crippen LogP contribution in [0.3, 0.4) is 0 Å². The maximum Gasteiger partial charge on any atom is 0.139 e. The minimum atomic E-state index is 0.846. The monoisotopic (exact) mass is 308 g/mol. The van der Waals surface area contributed by atoms with Gasteiger partial charge in [0.15, 0.2) is 0 Å². The first-order valence-electron chi connectivity index (χ1n) is 7.93. The van der Waals surface area contributed by atoms with Gasteiger partial charge in [-0.1, -0.05) is 12.1 Å². The lowest BCUT2D eigenvalue weighted by molar-refractivity contribution is 0.416. The van der Waals surface area contributed by atoms with Crippen LogP contribution in [0.15, 0.2) is 48.8 Å². The number of nitrogens with one attached hydrogen (secondary N) is 1. The third-order valence-electron chi connectivity index (χ3n) is 4.31. The molecule has 0 bridgehead atoms. The number of para-hydroxylation sites is 1. The smallest absolute Gasteiger partial charge is 0.139 e. The number of fused-ring (bicyclic) bond motifs is 1. The number of benzene rings is 1. The Labute approximate surface area is 135 Å². The molecule has 3 aromatic rings. The topological polar surface area (TPSA) is 41.8 Å². The number of hydrogen-bond donors (Lipinski definition) is 1. The van der Waals surface area contributed by atoms with E-state index >= 15 is 0 Å². The number of rotatable bonds is 3. The molecular formula is C18H20N4O. The molecule has 1 aromatic carbocycles. The van der Waals surface area contributed by atoms with Gasteiger partial charge in [-0.25, -0.2) is 4.98 Å². The van der Waals surface area contributed by atoms with Crippen LogP contribution in [0.4, 0.5) is 5.69 Å². The summed E-state index contributed by atoms with van der Waals surface area (Å²) in [6.45, 7) is 4.14. The Morgan fingerprint density at radius 1 is 1.13 bits per heavy atom. The first-order chi connectivity index (χ1) is 11.3. The molecule has 1 fully saturated rings. The standard InChI is InChI=1S/C18H20N4O/c1-23-17-5-3-2-4-15(17)16-13-22-9-6-14(12-18(22)20-16)21-10-7-19-8-11-21/h2-6,9,12-13,19H,7-8,10-11H2,1H3. The molecule has 3 heterocycles. The number of ether oxygens (including phenoxy) is 1. The maximum absolute atomic E-state index is 5.45. The van der Waals surface area contributed by atoms with E-state index in [-0.39, 0.29) is 0 Å². The summed E-state index contributed by atoms with van der Waals surface area (Å²) in [6.07, 6.45) is 4.13. The molecule has 0 atom stereocenters. The highest BCUT2D eigenvalue weighted by molar-refractivity contribution is 5.70. The van der Waals surface area contributed by atoms with Gasteiger partial charge in [-0.05, 0) is 18.2 Å². The fourth-order valence-electron chi connectivity index (χ4n) is 3.08. The minimum absolute atomic E-state index is 0.846. The molecule has 2 aromatic heterocycles. The van der Waals surface area contributed by atoms with Gasteiger partial charge in [0.05, 0.1) is 12.8 Å². The molecule has 0 saturated carbocycles. The zero-order chi connectivity index (χ0) is 15.6. The fraction of sp³-hybridized carbons (Fsp3) is 0.278. The minimum Gasteiger partial charge on any atom is -0.496 e. The van der Waals surface area contributed by atoms with E-state index in [2.05, 4.69) is 39.1 Å². The van der Waals surface area contributed by atoms with Gasteiger partial charge in [-0.15, -0.1) is 0 Å². The van der Waals surface area contributed by atoms with Crippen LogP contribution in [0.5, 0.6) is 5.75 Å². The van der Waals surface area contributed by atoms with Crippen LogP contribution in [-0.4, -0.2) is 42.7 Å². The summed E-state index contributed by atoms with van der Waals surface area (Å²) in [4.78, 5) is 7.18. The maximum atomic E-state index is 5.45. The summed E-state index contributed by atoms with van der Waals surface area (Å²) >= 11 is 0. The van der Waals surface area contributed by atoms with Crippen LogP contribution >= 0.6 is 0 Å². The van der Waals surface area contributed by atoms with Crippen LogP contribution in [0.2, 0.25) is 0 Å². The van der Waals surface area contributed by atoms with Crippen molar-refractivity contribution in [1.29, 1.82) is 0 Å². The zero-order valence-electron chi connectivity index (χ0n) is 13.2. The molecule has 0 aliphatic carbocycles. The lowest BCUT2D eigenvalue weighted by Gasteiger charge is -2.29. The Morgan fingerprint density at radius 2 is 1.96 bits per heavy atom. The van der Waals surface area contributed by atoms with Crippen molar-refractivity contribution < 1.29 is 4.74 Å². The van der Waals surface area contributed by atoms with Crippen molar-refractivity contribution in [2.24, 2.45) is 0 Å². The van der Waals surface area contributed by atoms with Gasteiger partial charge in [-0.2, -0.15) is 0 Å². The molecule has 5 nitrogen and oxygen atoms in total. The Hall–Kier alpha value is -2.53. The molecule has 0 spiro atoms. The van der Waals surface area contributed by atoms with E-state index in [9.17, 15) is 0 Å². The lowest BCUT2D eigenvalue weighted by atomic mass is 10.1. The highest BCUT2D eigenvalue weighted by atomic mass is 16.5. The quantitative estimate of drug-likeness (QED) is 0.807. The van der Waals surface area contributed by atoms with Crippen molar-refractivity contribution in [3.63, 3.8) is 0 Å². The van der Waals surface area contributed by atoms with Crippen LogP contribution in [-0.2, 0) is 0 Å². The summed E-state index contributed by atoms with van der Waals surface area (Å²) in [5.74, 6) is 0.846. The van der Waals surface area contributed by atoms with Gasteiger partial charge in [0, 0.05) is 55.9 Å². The van der Waals surface area contributed by atoms with E-state index in [1.54, 1.807) is 7.11 Å². The largest absolute Gasteiger partial charge is 0.496 e. The first kappa shape index (κ1) is 14.1. The van der Waals surface area contributed by atoms with Crippen molar-refractivity contribution in [2.45, 2.75) is 0 Å². The van der Waals surface area contributed by atoms with Gasteiger partial charge < -0.3 is 19.4 Å². The summed E-state index contributed by atoms with van der Waals surface area (Å²) in [5, 5.41) is 3.38. The van der Waals surface area contributed by atoms with E-state index in [0.717, 1.165) is 48.8 Å². The Balaban J connectivity index is 1.73. The lowest BCUT2D eigenvalue weighted by Crippen LogP contribution is -2.43. The Kier molecular flexibility index (Phi) is 3.63. The predicted octanol–water partition coefficient (Wildman–Crippen LogP) is 2.42. The van der Waals surface area contributed by atoms with Crippen LogP contribution in [0.1, 0.15) is 0 Å². The van der Waals surface area contributed by atoms with E-state index in [4.69, 9.17) is 9.72 Å². The molecule has 118 valence electrons. The third kappa shape index (κ3) is 2.64. The van der Waals surface area contributed by atoms with Crippen LogP contribution in [0, 0.1) is 0 Å². The molecule has 1 saturated heterocycles. The summed E-state index contributed by atoms with van der Waals surface area (Å²) in [7, 11) is 1.69. The number of anilines is 1. The summed E-state index contributed by atoms with van der Waals surface area (Å²) in [6, 6.07) is 12.3.